The summed E-state index contributed by atoms with van der Waals surface area (Å²) in [7, 11) is 0. The Balaban J connectivity index is 2.16. The van der Waals surface area contributed by atoms with Crippen LogP contribution in [0.3, 0.4) is 0 Å². The summed E-state index contributed by atoms with van der Waals surface area (Å²) in [5, 5.41) is 21.9. The number of carbonyl (C=O) groups excluding carboxylic acids is 1. The van der Waals surface area contributed by atoms with Crippen LogP contribution in [0.4, 0.5) is 0 Å². The molecule has 1 amide bonds. The summed E-state index contributed by atoms with van der Waals surface area (Å²) in [5.74, 6) is -2.36. The highest BCUT2D eigenvalue weighted by atomic mass is 35.5. The number of hydrogen-bond donors (Lipinski definition) is 3. The molecule has 0 aromatic carbocycles. The SMILES string of the molecule is C[C@@H](NC(=O)c1nc(Cl)c2c(sc3cccnc32)c1O)C(=O)O. The number of pyridine rings is 2. The van der Waals surface area contributed by atoms with Crippen LogP contribution in [-0.4, -0.2) is 38.1 Å². The number of aromatic hydroxyl groups is 1. The molecule has 1 atom stereocenters. The van der Waals surface area contributed by atoms with E-state index >= 15 is 0 Å². The van der Waals surface area contributed by atoms with Crippen LogP contribution in [0.25, 0.3) is 20.3 Å². The van der Waals surface area contributed by atoms with E-state index in [-0.39, 0.29) is 16.6 Å². The van der Waals surface area contributed by atoms with E-state index < -0.39 is 17.9 Å². The number of carboxylic acid groups (broad SMARTS) is 1. The molecule has 3 rings (SSSR count). The molecule has 0 spiro atoms. The van der Waals surface area contributed by atoms with E-state index in [1.165, 1.54) is 18.3 Å². The molecule has 23 heavy (non-hydrogen) atoms. The van der Waals surface area contributed by atoms with E-state index in [0.717, 1.165) is 4.70 Å². The molecular weight excluding hydrogens is 342 g/mol. The molecule has 118 valence electrons. The molecule has 0 saturated carbocycles. The van der Waals surface area contributed by atoms with Gasteiger partial charge in [0.1, 0.15) is 11.2 Å². The first kappa shape index (κ1) is 15.4. The van der Waals surface area contributed by atoms with Crippen molar-refractivity contribution in [2.75, 3.05) is 0 Å². The summed E-state index contributed by atoms with van der Waals surface area (Å²) < 4.78 is 1.17. The number of aliphatic carboxylic acids is 1. The van der Waals surface area contributed by atoms with Gasteiger partial charge in [0.05, 0.1) is 20.3 Å². The van der Waals surface area contributed by atoms with Gasteiger partial charge in [-0.25, -0.2) is 4.98 Å². The minimum absolute atomic E-state index is 0.0240. The van der Waals surface area contributed by atoms with Gasteiger partial charge in [-0.2, -0.15) is 0 Å². The van der Waals surface area contributed by atoms with E-state index in [0.29, 0.717) is 15.6 Å². The molecule has 0 bridgehead atoms. The molecule has 3 heterocycles. The summed E-state index contributed by atoms with van der Waals surface area (Å²) in [6.07, 6.45) is 1.59. The fraction of sp³-hybridized carbons (Fsp3) is 0.143. The molecule has 9 heteroatoms. The highest BCUT2D eigenvalue weighted by Crippen LogP contribution is 2.42. The van der Waals surface area contributed by atoms with Crippen molar-refractivity contribution in [3.05, 3.63) is 29.2 Å². The number of amides is 1. The van der Waals surface area contributed by atoms with Gasteiger partial charge >= 0.3 is 5.97 Å². The van der Waals surface area contributed by atoms with Crippen LogP contribution in [0.1, 0.15) is 17.4 Å². The summed E-state index contributed by atoms with van der Waals surface area (Å²) >= 11 is 7.37. The maximum atomic E-state index is 12.1. The van der Waals surface area contributed by atoms with E-state index in [9.17, 15) is 14.7 Å². The van der Waals surface area contributed by atoms with E-state index in [2.05, 4.69) is 15.3 Å². The minimum atomic E-state index is -1.20. The first-order valence-electron chi connectivity index (χ1n) is 6.49. The number of nitrogens with one attached hydrogen (secondary N) is 1. The predicted octanol–water partition coefficient (Wildman–Crippen LogP) is 2.41. The van der Waals surface area contributed by atoms with Crippen molar-refractivity contribution in [1.82, 2.24) is 15.3 Å². The average molecular weight is 352 g/mol. The van der Waals surface area contributed by atoms with E-state index in [1.807, 2.05) is 6.07 Å². The number of thiophene rings is 1. The number of hydrogen-bond acceptors (Lipinski definition) is 6. The summed E-state index contributed by atoms with van der Waals surface area (Å²) in [6.45, 7) is 1.31. The van der Waals surface area contributed by atoms with Crippen LogP contribution in [-0.2, 0) is 4.79 Å². The van der Waals surface area contributed by atoms with E-state index in [4.69, 9.17) is 16.7 Å². The lowest BCUT2D eigenvalue weighted by Crippen LogP contribution is -2.38. The molecule has 0 saturated heterocycles. The maximum absolute atomic E-state index is 12.1. The van der Waals surface area contributed by atoms with Gasteiger partial charge < -0.3 is 15.5 Å². The third kappa shape index (κ3) is 2.55. The van der Waals surface area contributed by atoms with Crippen molar-refractivity contribution in [2.45, 2.75) is 13.0 Å². The number of aromatic nitrogens is 2. The number of carbonyl (C=O) groups is 2. The second-order valence-electron chi connectivity index (χ2n) is 4.79. The zero-order valence-electron chi connectivity index (χ0n) is 11.7. The van der Waals surface area contributed by atoms with Gasteiger partial charge in [-0.05, 0) is 19.1 Å². The average Bonchev–Trinajstić information content (AvgIpc) is 2.90. The van der Waals surface area contributed by atoms with Gasteiger partial charge in [0.2, 0.25) is 0 Å². The third-order valence-electron chi connectivity index (χ3n) is 3.24. The van der Waals surface area contributed by atoms with Gasteiger partial charge in [-0.15, -0.1) is 11.3 Å². The number of nitrogens with zero attached hydrogens (tertiary/aromatic N) is 2. The normalized spacial score (nSPS) is 12.4. The minimum Gasteiger partial charge on any atom is -0.504 e. The Morgan fingerprint density at radius 2 is 2.17 bits per heavy atom. The first-order chi connectivity index (χ1) is 10.9. The molecule has 0 fully saturated rings. The van der Waals surface area contributed by atoms with Crippen molar-refractivity contribution in [1.29, 1.82) is 0 Å². The third-order valence-corrected chi connectivity index (χ3v) is 4.66. The fourth-order valence-corrected chi connectivity index (χ4v) is 3.52. The predicted molar refractivity (Wildman–Crippen MR) is 86.2 cm³/mol. The highest BCUT2D eigenvalue weighted by molar-refractivity contribution is 7.26. The van der Waals surface area contributed by atoms with Crippen LogP contribution in [0.15, 0.2) is 18.3 Å². The lowest BCUT2D eigenvalue weighted by Gasteiger charge is -2.10. The molecule has 0 unspecified atom stereocenters. The molecule has 7 nitrogen and oxygen atoms in total. The van der Waals surface area contributed by atoms with Crippen LogP contribution in [0.2, 0.25) is 5.15 Å². The van der Waals surface area contributed by atoms with Crippen molar-refractivity contribution in [3.8, 4) is 5.75 Å². The largest absolute Gasteiger partial charge is 0.504 e. The molecule has 3 aromatic rings. The maximum Gasteiger partial charge on any atom is 0.325 e. The lowest BCUT2D eigenvalue weighted by atomic mass is 10.2. The summed E-state index contributed by atoms with van der Waals surface area (Å²) in [5.41, 5.74) is 0.272. The summed E-state index contributed by atoms with van der Waals surface area (Å²) in [4.78, 5) is 31.1. The van der Waals surface area contributed by atoms with Crippen LogP contribution < -0.4 is 5.32 Å². The van der Waals surface area contributed by atoms with Gasteiger partial charge in [0.25, 0.3) is 5.91 Å². The monoisotopic (exact) mass is 351 g/mol. The Kier molecular flexibility index (Phi) is 3.78. The van der Waals surface area contributed by atoms with Gasteiger partial charge in [0, 0.05) is 6.20 Å². The zero-order chi connectivity index (χ0) is 16.7. The molecular formula is C14H10ClN3O4S. The van der Waals surface area contributed by atoms with E-state index in [1.54, 1.807) is 12.3 Å². The van der Waals surface area contributed by atoms with Gasteiger partial charge in [-0.3, -0.25) is 14.6 Å². The Labute approximate surface area is 138 Å². The molecule has 0 radical (unpaired) electrons. The van der Waals surface area contributed by atoms with Crippen LogP contribution in [0, 0.1) is 0 Å². The Hall–Kier alpha value is -2.45. The number of halogens is 1. The second kappa shape index (κ2) is 5.64. The highest BCUT2D eigenvalue weighted by Gasteiger charge is 2.24. The van der Waals surface area contributed by atoms with Crippen molar-refractivity contribution < 1.29 is 19.8 Å². The van der Waals surface area contributed by atoms with Gasteiger partial charge in [0.15, 0.2) is 11.4 Å². The number of carboxylic acids is 1. The lowest BCUT2D eigenvalue weighted by molar-refractivity contribution is -0.138. The van der Waals surface area contributed by atoms with Crippen molar-refractivity contribution >= 4 is 55.1 Å². The molecule has 0 aliphatic carbocycles. The molecule has 0 aliphatic heterocycles. The van der Waals surface area contributed by atoms with Crippen LogP contribution in [0.5, 0.6) is 5.75 Å². The number of fused-ring (bicyclic) bond motifs is 3. The molecule has 0 aliphatic rings. The van der Waals surface area contributed by atoms with Crippen LogP contribution >= 0.6 is 22.9 Å². The Morgan fingerprint density at radius 3 is 2.87 bits per heavy atom. The fourth-order valence-electron chi connectivity index (χ4n) is 2.09. The Morgan fingerprint density at radius 1 is 1.43 bits per heavy atom. The Bertz CT molecular complexity index is 956. The quantitative estimate of drug-likeness (QED) is 0.624. The smallest absolute Gasteiger partial charge is 0.325 e. The summed E-state index contributed by atoms with van der Waals surface area (Å²) in [6, 6.07) is 2.44. The topological polar surface area (TPSA) is 112 Å². The first-order valence-corrected chi connectivity index (χ1v) is 7.69. The van der Waals surface area contributed by atoms with Crippen molar-refractivity contribution in [3.63, 3.8) is 0 Å². The molecule has 3 N–H and O–H groups in total. The second-order valence-corrected chi connectivity index (χ2v) is 6.20. The molecule has 3 aromatic heterocycles. The van der Waals surface area contributed by atoms with Crippen molar-refractivity contribution in [2.24, 2.45) is 0 Å². The number of rotatable bonds is 3. The standard InChI is InChI=1S/C14H10ClN3O4S/c1-5(14(21)22)17-13(20)9-10(19)11-7(12(15)18-9)8-6(23-11)3-2-4-16-8/h2-5,19H,1H3,(H,17,20)(H,21,22)/t5-/m1/s1. The van der Waals surface area contributed by atoms with Gasteiger partial charge in [-0.1, -0.05) is 11.6 Å². The zero-order valence-corrected chi connectivity index (χ0v) is 13.3.